The predicted molar refractivity (Wildman–Crippen MR) is 82.4 cm³/mol. The van der Waals surface area contributed by atoms with Gasteiger partial charge in [0.05, 0.1) is 23.8 Å². The summed E-state index contributed by atoms with van der Waals surface area (Å²) in [6.45, 7) is 3.53. The van der Waals surface area contributed by atoms with Gasteiger partial charge >= 0.3 is 12.1 Å². The Kier molecular flexibility index (Phi) is 4.93. The number of hydrogen-bond acceptors (Lipinski definition) is 3. The minimum Gasteiger partial charge on any atom is -0.463 e. The van der Waals surface area contributed by atoms with Crippen LogP contribution in [0.1, 0.15) is 31.0 Å². The molecule has 124 valence electrons. The van der Waals surface area contributed by atoms with E-state index < -0.39 is 23.8 Å². The molecule has 0 aliphatic carbocycles. The van der Waals surface area contributed by atoms with E-state index in [4.69, 9.17) is 17.0 Å². The van der Waals surface area contributed by atoms with Gasteiger partial charge in [0.1, 0.15) is 0 Å². The van der Waals surface area contributed by atoms with E-state index in [0.29, 0.717) is 21.9 Å². The minimum atomic E-state index is -4.41. The lowest BCUT2D eigenvalue weighted by Crippen LogP contribution is -2.45. The van der Waals surface area contributed by atoms with Crippen LogP contribution in [-0.2, 0) is 15.7 Å². The second-order valence-electron chi connectivity index (χ2n) is 4.91. The highest BCUT2D eigenvalue weighted by Crippen LogP contribution is 2.32. The van der Waals surface area contributed by atoms with Crippen molar-refractivity contribution in [3.8, 4) is 0 Å². The second kappa shape index (κ2) is 6.57. The van der Waals surface area contributed by atoms with Crippen LogP contribution in [0, 0.1) is 0 Å². The van der Waals surface area contributed by atoms with Gasteiger partial charge in [-0.3, -0.25) is 0 Å². The van der Waals surface area contributed by atoms with Crippen LogP contribution < -0.4 is 10.6 Å². The Labute approximate surface area is 136 Å². The molecule has 0 fully saturated rings. The van der Waals surface area contributed by atoms with Crippen LogP contribution in [0.5, 0.6) is 0 Å². The molecule has 23 heavy (non-hydrogen) atoms. The van der Waals surface area contributed by atoms with Gasteiger partial charge in [-0.05, 0) is 43.8 Å². The molecule has 0 amide bonds. The number of thiocarbonyl (C=S) groups is 1. The fourth-order valence-electron chi connectivity index (χ4n) is 2.29. The maximum absolute atomic E-state index is 12.7. The van der Waals surface area contributed by atoms with Gasteiger partial charge in [0, 0.05) is 5.70 Å². The van der Waals surface area contributed by atoms with Gasteiger partial charge in [0.25, 0.3) is 0 Å². The molecule has 1 aliphatic rings. The Hall–Kier alpha value is -2.09. The first kappa shape index (κ1) is 17.3. The van der Waals surface area contributed by atoms with Gasteiger partial charge in [0.2, 0.25) is 0 Å². The molecule has 0 saturated carbocycles. The second-order valence-corrected chi connectivity index (χ2v) is 5.32. The average molecular weight is 344 g/mol. The maximum Gasteiger partial charge on any atom is 0.416 e. The lowest BCUT2D eigenvalue weighted by atomic mass is 9.95. The summed E-state index contributed by atoms with van der Waals surface area (Å²) < 4.78 is 43.0. The monoisotopic (exact) mass is 344 g/mol. The molecule has 8 heteroatoms. The first-order valence-corrected chi connectivity index (χ1v) is 7.27. The molecule has 0 bridgehead atoms. The quantitative estimate of drug-likeness (QED) is 0.652. The van der Waals surface area contributed by atoms with Crippen LogP contribution in [0.2, 0.25) is 0 Å². The van der Waals surface area contributed by atoms with Crippen molar-refractivity contribution in [2.45, 2.75) is 26.1 Å². The number of carbonyl (C=O) groups excluding carboxylic acids is 1. The van der Waals surface area contributed by atoms with Gasteiger partial charge in [-0.1, -0.05) is 12.1 Å². The van der Waals surface area contributed by atoms with Crippen molar-refractivity contribution < 1.29 is 22.7 Å². The predicted octanol–water partition coefficient (Wildman–Crippen LogP) is 3.06. The highest BCUT2D eigenvalue weighted by molar-refractivity contribution is 7.80. The number of alkyl halides is 3. The molecule has 0 unspecified atom stereocenters. The molecule has 4 nitrogen and oxygen atoms in total. The van der Waals surface area contributed by atoms with Crippen LogP contribution in [-0.4, -0.2) is 17.7 Å². The molecule has 2 N–H and O–H groups in total. The van der Waals surface area contributed by atoms with Gasteiger partial charge < -0.3 is 15.4 Å². The van der Waals surface area contributed by atoms with Crippen LogP contribution in [0.15, 0.2) is 35.5 Å². The van der Waals surface area contributed by atoms with Crippen LogP contribution in [0.4, 0.5) is 13.2 Å². The minimum absolute atomic E-state index is 0.194. The van der Waals surface area contributed by atoms with Gasteiger partial charge in [0.15, 0.2) is 5.11 Å². The number of nitrogens with one attached hydrogen (secondary N) is 2. The number of allylic oxidation sites excluding steroid dienone is 1. The van der Waals surface area contributed by atoms with Crippen molar-refractivity contribution in [2.24, 2.45) is 0 Å². The number of esters is 1. The normalized spacial score (nSPS) is 18.3. The number of hydrogen-bond donors (Lipinski definition) is 2. The molecule has 1 aliphatic heterocycles. The number of ether oxygens (including phenoxy) is 1. The molecule has 1 heterocycles. The summed E-state index contributed by atoms with van der Waals surface area (Å²) in [5.74, 6) is -0.544. The molecule has 0 saturated heterocycles. The van der Waals surface area contributed by atoms with Crippen LogP contribution in [0.25, 0.3) is 0 Å². The fraction of sp³-hybridized carbons (Fsp3) is 0.333. The molecule has 0 aromatic heterocycles. The largest absolute Gasteiger partial charge is 0.463 e. The van der Waals surface area contributed by atoms with Crippen molar-refractivity contribution >= 4 is 23.3 Å². The Bertz CT molecular complexity index is 654. The standard InChI is InChI=1S/C15H15F3N2O2S/c1-3-22-13(21)11-8(2)19-14(23)20-12(11)9-4-6-10(7-5-9)15(16,17)18/h4-7,12H,3H2,1-2H3,(H2,19,20,23)/t12-/m1/s1. The summed E-state index contributed by atoms with van der Waals surface area (Å²) in [6.07, 6.45) is -4.41. The molecule has 1 aromatic carbocycles. The molecule has 1 aromatic rings. The fourth-order valence-corrected chi connectivity index (χ4v) is 2.56. The SMILES string of the molecule is CCOC(=O)C1=C(C)NC(=S)N[C@@H]1c1ccc(C(F)(F)F)cc1. The summed E-state index contributed by atoms with van der Waals surface area (Å²) in [5, 5.41) is 6.01. The number of benzene rings is 1. The molecule has 2 rings (SSSR count). The van der Waals surface area contributed by atoms with Crippen molar-refractivity contribution in [3.63, 3.8) is 0 Å². The van der Waals surface area contributed by atoms with Gasteiger partial charge in [-0.15, -0.1) is 0 Å². The van der Waals surface area contributed by atoms with Crippen molar-refractivity contribution in [1.82, 2.24) is 10.6 Å². The third-order valence-corrected chi connectivity index (χ3v) is 3.56. The Morgan fingerprint density at radius 2 is 1.91 bits per heavy atom. The Morgan fingerprint density at radius 3 is 2.43 bits per heavy atom. The highest BCUT2D eigenvalue weighted by Gasteiger charge is 2.33. The van der Waals surface area contributed by atoms with Crippen LogP contribution in [0.3, 0.4) is 0 Å². The molecule has 1 atom stereocenters. The third-order valence-electron chi connectivity index (χ3n) is 3.34. The zero-order valence-corrected chi connectivity index (χ0v) is 13.3. The van der Waals surface area contributed by atoms with Crippen molar-refractivity contribution in [1.29, 1.82) is 0 Å². The van der Waals surface area contributed by atoms with E-state index >= 15 is 0 Å². The van der Waals surface area contributed by atoms with E-state index in [1.165, 1.54) is 12.1 Å². The number of halogens is 3. The molecular weight excluding hydrogens is 329 g/mol. The summed E-state index contributed by atoms with van der Waals surface area (Å²) in [4.78, 5) is 12.1. The van der Waals surface area contributed by atoms with E-state index in [0.717, 1.165) is 12.1 Å². The van der Waals surface area contributed by atoms with E-state index in [2.05, 4.69) is 10.6 Å². The smallest absolute Gasteiger partial charge is 0.416 e. The van der Waals surface area contributed by atoms with Crippen molar-refractivity contribution in [2.75, 3.05) is 6.61 Å². The summed E-state index contributed by atoms with van der Waals surface area (Å²) in [7, 11) is 0. The molecule has 0 spiro atoms. The first-order chi connectivity index (χ1) is 10.7. The first-order valence-electron chi connectivity index (χ1n) is 6.86. The van der Waals surface area contributed by atoms with Gasteiger partial charge in [-0.25, -0.2) is 4.79 Å². The Morgan fingerprint density at radius 1 is 1.30 bits per heavy atom. The molecular formula is C15H15F3N2O2S. The lowest BCUT2D eigenvalue weighted by molar-refractivity contribution is -0.139. The Balaban J connectivity index is 2.40. The average Bonchev–Trinajstić information content (AvgIpc) is 2.45. The van der Waals surface area contributed by atoms with E-state index in [9.17, 15) is 18.0 Å². The highest BCUT2D eigenvalue weighted by atomic mass is 32.1. The summed E-state index contributed by atoms with van der Waals surface area (Å²) in [5.41, 5.74) is 0.540. The number of rotatable bonds is 3. The topological polar surface area (TPSA) is 50.4 Å². The third kappa shape index (κ3) is 3.82. The van der Waals surface area contributed by atoms with Gasteiger partial charge in [-0.2, -0.15) is 13.2 Å². The van der Waals surface area contributed by atoms with Crippen molar-refractivity contribution in [3.05, 3.63) is 46.7 Å². The van der Waals surface area contributed by atoms with E-state index in [-0.39, 0.29) is 6.61 Å². The zero-order valence-electron chi connectivity index (χ0n) is 12.5. The van der Waals surface area contributed by atoms with E-state index in [1.807, 2.05) is 0 Å². The van der Waals surface area contributed by atoms with Crippen LogP contribution >= 0.6 is 12.2 Å². The zero-order chi connectivity index (χ0) is 17.2. The van der Waals surface area contributed by atoms with E-state index in [1.54, 1.807) is 13.8 Å². The summed E-state index contributed by atoms with van der Waals surface area (Å²) in [6, 6.07) is 3.92. The molecule has 0 radical (unpaired) electrons. The number of carbonyl (C=O) groups is 1. The lowest BCUT2D eigenvalue weighted by Gasteiger charge is -2.30. The summed E-state index contributed by atoms with van der Waals surface area (Å²) >= 11 is 5.06. The maximum atomic E-state index is 12.7.